The van der Waals surface area contributed by atoms with Gasteiger partial charge in [-0.1, -0.05) is 41.4 Å². The second-order valence-corrected chi connectivity index (χ2v) is 6.28. The lowest BCUT2D eigenvalue weighted by Crippen LogP contribution is -2.37. The molecule has 0 aliphatic heterocycles. The predicted octanol–water partition coefficient (Wildman–Crippen LogP) is 4.60. The van der Waals surface area contributed by atoms with Gasteiger partial charge >= 0.3 is 0 Å². The fourth-order valence-electron chi connectivity index (χ4n) is 2.33. The molecule has 24 heavy (non-hydrogen) atoms. The molecule has 0 saturated carbocycles. The number of rotatable bonds is 4. The van der Waals surface area contributed by atoms with Gasteiger partial charge in [0.05, 0.1) is 15.7 Å². The Balaban J connectivity index is 2.24. The number of amides is 2. The largest absolute Gasteiger partial charge is 0.322 e. The van der Waals surface area contributed by atoms with E-state index in [1.54, 1.807) is 18.2 Å². The van der Waals surface area contributed by atoms with Crippen molar-refractivity contribution in [1.82, 2.24) is 0 Å². The molecule has 0 heterocycles. The van der Waals surface area contributed by atoms with Crippen LogP contribution in [0.3, 0.4) is 0 Å². The minimum absolute atomic E-state index is 0.124. The van der Waals surface area contributed by atoms with Crippen LogP contribution in [0.15, 0.2) is 36.4 Å². The molecular weight excluding hydrogens is 347 g/mol. The van der Waals surface area contributed by atoms with Crippen molar-refractivity contribution in [2.75, 3.05) is 16.8 Å². The summed E-state index contributed by atoms with van der Waals surface area (Å²) in [5.41, 5.74) is 3.06. The minimum atomic E-state index is -0.374. The van der Waals surface area contributed by atoms with Crippen LogP contribution in [0.2, 0.25) is 10.0 Å². The van der Waals surface area contributed by atoms with Crippen molar-refractivity contribution < 1.29 is 9.59 Å². The Labute approximate surface area is 151 Å². The summed E-state index contributed by atoms with van der Waals surface area (Å²) in [7, 11) is 0. The Kier molecular flexibility index (Phi) is 5.86. The standard InChI is InChI=1S/C18H18Cl2N2O2/c1-11-6-4-9-16(12(11)2)22(13(3)23)10-17(24)21-18-14(19)7-5-8-15(18)20/h4-9H,10H2,1-3H3,(H,21,24). The maximum atomic E-state index is 12.4. The number of hydrogen-bond donors (Lipinski definition) is 1. The summed E-state index contributed by atoms with van der Waals surface area (Å²) in [6, 6.07) is 10.6. The smallest absolute Gasteiger partial charge is 0.244 e. The highest BCUT2D eigenvalue weighted by atomic mass is 35.5. The molecule has 0 radical (unpaired) electrons. The van der Waals surface area contributed by atoms with E-state index < -0.39 is 0 Å². The zero-order valence-corrected chi connectivity index (χ0v) is 15.2. The van der Waals surface area contributed by atoms with Gasteiger partial charge in [0.2, 0.25) is 11.8 Å². The maximum absolute atomic E-state index is 12.4. The Bertz CT molecular complexity index is 770. The maximum Gasteiger partial charge on any atom is 0.244 e. The molecule has 0 spiro atoms. The molecule has 2 rings (SSSR count). The number of para-hydroxylation sites is 1. The summed E-state index contributed by atoms with van der Waals surface area (Å²) in [4.78, 5) is 25.8. The van der Waals surface area contributed by atoms with Crippen LogP contribution >= 0.6 is 23.2 Å². The number of hydrogen-bond acceptors (Lipinski definition) is 2. The fourth-order valence-corrected chi connectivity index (χ4v) is 2.83. The van der Waals surface area contributed by atoms with Crippen molar-refractivity contribution in [3.05, 3.63) is 57.6 Å². The molecule has 4 nitrogen and oxygen atoms in total. The normalized spacial score (nSPS) is 10.4. The third-order valence-electron chi connectivity index (χ3n) is 3.78. The van der Waals surface area contributed by atoms with Gasteiger partial charge in [-0.15, -0.1) is 0 Å². The van der Waals surface area contributed by atoms with Crippen molar-refractivity contribution in [1.29, 1.82) is 0 Å². The number of carbonyl (C=O) groups excluding carboxylic acids is 2. The highest BCUT2D eigenvalue weighted by Crippen LogP contribution is 2.30. The molecule has 0 unspecified atom stereocenters. The lowest BCUT2D eigenvalue weighted by Gasteiger charge is -2.23. The summed E-state index contributed by atoms with van der Waals surface area (Å²) in [6.45, 7) is 5.18. The second-order valence-electron chi connectivity index (χ2n) is 5.47. The third-order valence-corrected chi connectivity index (χ3v) is 4.41. The monoisotopic (exact) mass is 364 g/mol. The molecule has 2 aromatic rings. The lowest BCUT2D eigenvalue weighted by atomic mass is 10.1. The van der Waals surface area contributed by atoms with E-state index >= 15 is 0 Å². The van der Waals surface area contributed by atoms with E-state index in [2.05, 4.69) is 5.32 Å². The lowest BCUT2D eigenvalue weighted by molar-refractivity contribution is -0.120. The molecule has 0 aromatic heterocycles. The molecule has 0 bridgehead atoms. The average molecular weight is 365 g/mol. The van der Waals surface area contributed by atoms with Gasteiger partial charge in [0, 0.05) is 12.6 Å². The first-order valence-corrected chi connectivity index (χ1v) is 8.15. The van der Waals surface area contributed by atoms with E-state index in [0.717, 1.165) is 11.1 Å². The van der Waals surface area contributed by atoms with Gasteiger partial charge in [-0.2, -0.15) is 0 Å². The summed E-state index contributed by atoms with van der Waals surface area (Å²) in [6.07, 6.45) is 0. The molecule has 6 heteroatoms. The number of anilines is 2. The Hall–Kier alpha value is -2.04. The molecule has 0 saturated heterocycles. The SMILES string of the molecule is CC(=O)N(CC(=O)Nc1c(Cl)cccc1Cl)c1cccc(C)c1C. The van der Waals surface area contributed by atoms with Crippen LogP contribution < -0.4 is 10.2 Å². The van der Waals surface area contributed by atoms with Crippen LogP contribution in [-0.4, -0.2) is 18.4 Å². The quantitative estimate of drug-likeness (QED) is 0.861. The molecule has 1 N–H and O–H groups in total. The summed E-state index contributed by atoms with van der Waals surface area (Å²) in [5, 5.41) is 3.36. The van der Waals surface area contributed by atoms with Crippen LogP contribution in [-0.2, 0) is 9.59 Å². The Morgan fingerprint density at radius 2 is 1.62 bits per heavy atom. The molecule has 0 aliphatic carbocycles. The van der Waals surface area contributed by atoms with Crippen molar-refractivity contribution in [3.8, 4) is 0 Å². The molecule has 2 aromatic carbocycles. The van der Waals surface area contributed by atoms with Crippen LogP contribution in [0, 0.1) is 13.8 Å². The van der Waals surface area contributed by atoms with Gasteiger partial charge in [-0.25, -0.2) is 0 Å². The zero-order valence-electron chi connectivity index (χ0n) is 13.7. The van der Waals surface area contributed by atoms with Gasteiger partial charge in [0.15, 0.2) is 0 Å². The van der Waals surface area contributed by atoms with Crippen LogP contribution in [0.4, 0.5) is 11.4 Å². The highest BCUT2D eigenvalue weighted by Gasteiger charge is 2.19. The van der Waals surface area contributed by atoms with Gasteiger partial charge in [0.1, 0.15) is 6.54 Å². The van der Waals surface area contributed by atoms with Crippen LogP contribution in [0.5, 0.6) is 0 Å². The van der Waals surface area contributed by atoms with Gasteiger partial charge < -0.3 is 10.2 Å². The number of nitrogens with one attached hydrogen (secondary N) is 1. The van der Waals surface area contributed by atoms with Crippen molar-refractivity contribution >= 4 is 46.4 Å². The molecule has 0 aliphatic rings. The molecule has 2 amide bonds. The molecule has 126 valence electrons. The number of nitrogens with zero attached hydrogens (tertiary/aromatic N) is 1. The van der Waals surface area contributed by atoms with E-state index in [0.29, 0.717) is 21.4 Å². The first-order chi connectivity index (χ1) is 11.3. The van der Waals surface area contributed by atoms with E-state index in [1.807, 2.05) is 32.0 Å². The van der Waals surface area contributed by atoms with Crippen LogP contribution in [0.25, 0.3) is 0 Å². The first-order valence-electron chi connectivity index (χ1n) is 7.39. The summed E-state index contributed by atoms with van der Waals surface area (Å²) in [5.74, 6) is -0.592. The van der Waals surface area contributed by atoms with Crippen molar-refractivity contribution in [3.63, 3.8) is 0 Å². The van der Waals surface area contributed by atoms with E-state index in [9.17, 15) is 9.59 Å². The summed E-state index contributed by atoms with van der Waals surface area (Å²) >= 11 is 12.1. The summed E-state index contributed by atoms with van der Waals surface area (Å²) < 4.78 is 0. The fraction of sp³-hybridized carbons (Fsp3) is 0.222. The van der Waals surface area contributed by atoms with Crippen molar-refractivity contribution in [2.24, 2.45) is 0 Å². The zero-order chi connectivity index (χ0) is 17.9. The van der Waals surface area contributed by atoms with E-state index in [4.69, 9.17) is 23.2 Å². The highest BCUT2D eigenvalue weighted by molar-refractivity contribution is 6.39. The van der Waals surface area contributed by atoms with E-state index in [1.165, 1.54) is 11.8 Å². The number of benzene rings is 2. The topological polar surface area (TPSA) is 49.4 Å². The molecule has 0 atom stereocenters. The average Bonchev–Trinajstić information content (AvgIpc) is 2.51. The van der Waals surface area contributed by atoms with Crippen molar-refractivity contribution in [2.45, 2.75) is 20.8 Å². The predicted molar refractivity (Wildman–Crippen MR) is 99.0 cm³/mol. The Morgan fingerprint density at radius 3 is 2.21 bits per heavy atom. The molecule has 0 fully saturated rings. The molecular formula is C18H18Cl2N2O2. The van der Waals surface area contributed by atoms with E-state index in [-0.39, 0.29) is 18.4 Å². The second kappa shape index (κ2) is 7.69. The van der Waals surface area contributed by atoms with Crippen LogP contribution in [0.1, 0.15) is 18.1 Å². The number of halogens is 2. The Morgan fingerprint density at radius 1 is 1.04 bits per heavy atom. The van der Waals surface area contributed by atoms with Gasteiger partial charge in [-0.05, 0) is 43.2 Å². The third kappa shape index (κ3) is 4.08. The number of carbonyl (C=O) groups is 2. The van der Waals surface area contributed by atoms with Gasteiger partial charge in [-0.3, -0.25) is 9.59 Å². The number of aryl methyl sites for hydroxylation is 1. The first kappa shape index (κ1) is 18.3. The van der Waals surface area contributed by atoms with Gasteiger partial charge in [0.25, 0.3) is 0 Å². The minimum Gasteiger partial charge on any atom is -0.322 e.